The molecule has 0 N–H and O–H groups in total. The summed E-state index contributed by atoms with van der Waals surface area (Å²) >= 11 is 0. The average molecular weight is 342 g/mol. The molecule has 3 rings (SSSR count). The van der Waals surface area contributed by atoms with Gasteiger partial charge < -0.3 is 13.3 Å². The SMILES string of the molecule is CC(=O)O[Si](OC(C)=O)(OC(C)=O)C12CC(CCC1C)C2(C)C. The summed E-state index contributed by atoms with van der Waals surface area (Å²) in [6.07, 6.45) is 2.77. The number of rotatable bonds is 4. The molecule has 3 saturated carbocycles. The van der Waals surface area contributed by atoms with Crippen LogP contribution in [0, 0.1) is 17.3 Å². The fourth-order valence-corrected chi connectivity index (χ4v) is 8.91. The number of hydrogen-bond donors (Lipinski definition) is 0. The summed E-state index contributed by atoms with van der Waals surface area (Å²) in [6, 6.07) is 0. The first kappa shape index (κ1) is 18.0. The van der Waals surface area contributed by atoms with E-state index < -0.39 is 31.8 Å². The molecule has 7 heteroatoms. The van der Waals surface area contributed by atoms with Gasteiger partial charge >= 0.3 is 8.80 Å². The van der Waals surface area contributed by atoms with Crippen LogP contribution in [0.4, 0.5) is 0 Å². The van der Waals surface area contributed by atoms with Gasteiger partial charge in [0.15, 0.2) is 0 Å². The zero-order valence-corrected chi connectivity index (χ0v) is 15.7. The van der Waals surface area contributed by atoms with E-state index in [1.54, 1.807) is 0 Å². The first-order valence-electron chi connectivity index (χ1n) is 8.07. The van der Waals surface area contributed by atoms with Gasteiger partial charge in [0.2, 0.25) is 0 Å². The summed E-state index contributed by atoms with van der Waals surface area (Å²) in [4.78, 5) is 35.3. The summed E-state index contributed by atoms with van der Waals surface area (Å²) < 4.78 is 16.7. The Bertz CT molecular complexity index is 502. The van der Waals surface area contributed by atoms with Gasteiger partial charge in [-0.05, 0) is 36.5 Å². The number of hydrogen-bond acceptors (Lipinski definition) is 6. The Morgan fingerprint density at radius 2 is 1.35 bits per heavy atom. The lowest BCUT2D eigenvalue weighted by atomic mass is 9.45. The van der Waals surface area contributed by atoms with Crippen molar-refractivity contribution in [3.63, 3.8) is 0 Å². The second-order valence-corrected chi connectivity index (χ2v) is 10.0. The highest BCUT2D eigenvalue weighted by Gasteiger charge is 2.83. The lowest BCUT2D eigenvalue weighted by Gasteiger charge is -2.69. The van der Waals surface area contributed by atoms with Crippen LogP contribution in [0.1, 0.15) is 60.8 Å². The molecule has 3 aliphatic rings. The van der Waals surface area contributed by atoms with Crippen LogP contribution in [-0.2, 0) is 27.7 Å². The van der Waals surface area contributed by atoms with Gasteiger partial charge in [0.1, 0.15) is 0 Å². The van der Waals surface area contributed by atoms with E-state index in [0.29, 0.717) is 5.92 Å². The van der Waals surface area contributed by atoms with Crippen molar-refractivity contribution in [1.29, 1.82) is 0 Å². The lowest BCUT2D eigenvalue weighted by molar-refractivity contribution is -0.167. The van der Waals surface area contributed by atoms with Crippen molar-refractivity contribution in [2.24, 2.45) is 17.3 Å². The fourth-order valence-electron chi connectivity index (χ4n) is 4.86. The van der Waals surface area contributed by atoms with Crippen LogP contribution in [-0.4, -0.2) is 26.7 Å². The highest BCUT2D eigenvalue weighted by Crippen LogP contribution is 2.78. The molecule has 0 saturated heterocycles. The maximum Gasteiger partial charge on any atom is 0.712 e. The maximum absolute atomic E-state index is 11.8. The van der Waals surface area contributed by atoms with E-state index in [2.05, 4.69) is 20.8 Å². The number of fused-ring (bicyclic) bond motifs is 2. The van der Waals surface area contributed by atoms with Crippen LogP contribution in [0.3, 0.4) is 0 Å². The minimum Gasteiger partial charge on any atom is -0.455 e. The van der Waals surface area contributed by atoms with Gasteiger partial charge in [0.25, 0.3) is 17.9 Å². The van der Waals surface area contributed by atoms with Crippen LogP contribution in [0.2, 0.25) is 5.04 Å². The smallest absolute Gasteiger partial charge is 0.455 e. The summed E-state index contributed by atoms with van der Waals surface area (Å²) in [7, 11) is -3.89. The molecule has 0 aromatic heterocycles. The Kier molecular flexibility index (Phi) is 4.39. The van der Waals surface area contributed by atoms with Crippen molar-refractivity contribution >= 4 is 26.7 Å². The zero-order valence-electron chi connectivity index (χ0n) is 14.7. The molecule has 6 nitrogen and oxygen atoms in total. The first-order valence-corrected chi connectivity index (χ1v) is 9.79. The van der Waals surface area contributed by atoms with Crippen LogP contribution in [0.15, 0.2) is 0 Å². The van der Waals surface area contributed by atoms with E-state index in [0.717, 1.165) is 19.3 Å². The monoisotopic (exact) mass is 342 g/mol. The Labute approximate surface area is 138 Å². The van der Waals surface area contributed by atoms with Crippen LogP contribution >= 0.6 is 0 Å². The van der Waals surface area contributed by atoms with E-state index in [4.69, 9.17) is 13.3 Å². The third-order valence-electron chi connectivity index (χ3n) is 5.91. The minimum atomic E-state index is -3.89. The van der Waals surface area contributed by atoms with Gasteiger partial charge in [-0.25, -0.2) is 0 Å². The Morgan fingerprint density at radius 3 is 1.65 bits per heavy atom. The molecule has 130 valence electrons. The number of carbonyl (C=O) groups excluding carboxylic acids is 3. The van der Waals surface area contributed by atoms with E-state index in [-0.39, 0.29) is 11.3 Å². The van der Waals surface area contributed by atoms with Crippen molar-refractivity contribution in [1.82, 2.24) is 0 Å². The summed E-state index contributed by atoms with van der Waals surface area (Å²) in [5.74, 6) is -1.19. The Hall–Kier alpha value is -1.37. The van der Waals surface area contributed by atoms with Gasteiger partial charge in [0.05, 0.1) is 5.04 Å². The van der Waals surface area contributed by atoms with Gasteiger partial charge in [-0.15, -0.1) is 0 Å². The van der Waals surface area contributed by atoms with Gasteiger partial charge in [-0.1, -0.05) is 20.8 Å². The molecule has 0 radical (unpaired) electrons. The van der Waals surface area contributed by atoms with Crippen molar-refractivity contribution in [2.75, 3.05) is 0 Å². The highest BCUT2D eigenvalue weighted by molar-refractivity contribution is 6.69. The van der Waals surface area contributed by atoms with E-state index in [1.807, 2.05) is 0 Å². The standard InChI is InChI=1S/C16H26O6Si/c1-10-7-8-14-9-16(10,15(14,5)6)23(20-11(2)17,21-12(3)18)22-13(4)19/h10,14H,7-9H2,1-6H3. The molecule has 3 unspecified atom stereocenters. The summed E-state index contributed by atoms with van der Waals surface area (Å²) in [5, 5.41) is -0.605. The van der Waals surface area contributed by atoms with E-state index >= 15 is 0 Å². The quantitative estimate of drug-likeness (QED) is 0.731. The molecule has 0 spiro atoms. The molecule has 0 aromatic carbocycles. The summed E-state index contributed by atoms with van der Waals surface area (Å²) in [5.41, 5.74) is -0.225. The lowest BCUT2D eigenvalue weighted by Crippen LogP contribution is -2.73. The molecule has 0 aromatic rings. The topological polar surface area (TPSA) is 78.9 Å². The largest absolute Gasteiger partial charge is 0.712 e. The second-order valence-electron chi connectivity index (χ2n) is 7.41. The molecule has 23 heavy (non-hydrogen) atoms. The molecular formula is C16H26O6Si. The van der Waals surface area contributed by atoms with Crippen molar-refractivity contribution in [2.45, 2.75) is 65.8 Å². The molecule has 3 aliphatic carbocycles. The summed E-state index contributed by atoms with van der Waals surface area (Å²) in [6.45, 7) is 10.0. The van der Waals surface area contributed by atoms with Crippen LogP contribution in [0.5, 0.6) is 0 Å². The molecule has 3 atom stereocenters. The fraction of sp³-hybridized carbons (Fsp3) is 0.812. The average Bonchev–Trinajstić information content (AvgIpc) is 2.34. The molecule has 3 fully saturated rings. The van der Waals surface area contributed by atoms with Crippen molar-refractivity contribution in [3.05, 3.63) is 0 Å². The van der Waals surface area contributed by atoms with Crippen LogP contribution < -0.4 is 0 Å². The molecule has 0 aliphatic heterocycles. The predicted molar refractivity (Wildman–Crippen MR) is 84.0 cm³/mol. The van der Waals surface area contributed by atoms with E-state index in [1.165, 1.54) is 20.8 Å². The Morgan fingerprint density at radius 1 is 0.913 bits per heavy atom. The van der Waals surface area contributed by atoms with Gasteiger partial charge in [-0.2, -0.15) is 0 Å². The number of carbonyl (C=O) groups is 3. The predicted octanol–water partition coefficient (Wildman–Crippen LogP) is 2.83. The molecule has 0 amide bonds. The van der Waals surface area contributed by atoms with Crippen LogP contribution in [0.25, 0.3) is 0 Å². The highest BCUT2D eigenvalue weighted by atomic mass is 28.4. The molecule has 2 bridgehead atoms. The van der Waals surface area contributed by atoms with Gasteiger partial charge in [0, 0.05) is 20.8 Å². The maximum atomic E-state index is 11.8. The van der Waals surface area contributed by atoms with Crippen molar-refractivity contribution < 1.29 is 27.7 Å². The third kappa shape index (κ3) is 2.49. The molecule has 0 heterocycles. The van der Waals surface area contributed by atoms with E-state index in [9.17, 15) is 14.4 Å². The first-order chi connectivity index (χ1) is 10.5. The molecular weight excluding hydrogens is 316 g/mol. The Balaban J connectivity index is 2.60. The van der Waals surface area contributed by atoms with Crippen molar-refractivity contribution in [3.8, 4) is 0 Å². The normalized spacial score (nSPS) is 31.6. The third-order valence-corrected chi connectivity index (χ3v) is 10.0. The minimum absolute atomic E-state index is 0.132. The zero-order chi connectivity index (χ0) is 17.6. The van der Waals surface area contributed by atoms with Gasteiger partial charge in [-0.3, -0.25) is 14.4 Å². The second kappa shape index (κ2) is 5.61.